The van der Waals surface area contributed by atoms with Crippen LogP contribution >= 0.6 is 15.9 Å². The van der Waals surface area contributed by atoms with Crippen LogP contribution < -0.4 is 0 Å². The number of aryl methyl sites for hydroxylation is 2. The van der Waals surface area contributed by atoms with Crippen LogP contribution in [0, 0.1) is 6.92 Å². The van der Waals surface area contributed by atoms with Crippen LogP contribution in [0.3, 0.4) is 0 Å². The van der Waals surface area contributed by atoms with Gasteiger partial charge in [0.15, 0.2) is 0 Å². The number of nitrogens with zero attached hydrogens (tertiary/aromatic N) is 3. The average Bonchev–Trinajstić information content (AvgIpc) is 2.67. The summed E-state index contributed by atoms with van der Waals surface area (Å²) in [7, 11) is 1.91. The lowest BCUT2D eigenvalue weighted by molar-refractivity contribution is -0.128. The Morgan fingerprint density at radius 1 is 1.53 bits per heavy atom. The number of carbonyl (C=O) groups is 1. The Kier molecular flexibility index (Phi) is 2.82. The van der Waals surface area contributed by atoms with E-state index >= 15 is 0 Å². The lowest BCUT2D eigenvalue weighted by atomic mass is 10.3. The van der Waals surface area contributed by atoms with Crippen LogP contribution in [0.25, 0.3) is 0 Å². The van der Waals surface area contributed by atoms with Gasteiger partial charge >= 0.3 is 0 Å². The van der Waals surface area contributed by atoms with Crippen molar-refractivity contribution < 1.29 is 4.79 Å². The molecule has 0 unspecified atom stereocenters. The fourth-order valence-electron chi connectivity index (χ4n) is 1.90. The van der Waals surface area contributed by atoms with Crippen molar-refractivity contribution in [2.45, 2.75) is 26.3 Å². The monoisotopic (exact) mass is 271 g/mol. The molecule has 0 atom stereocenters. The molecule has 0 radical (unpaired) electrons. The third-order valence-electron chi connectivity index (χ3n) is 2.77. The van der Waals surface area contributed by atoms with Gasteiger partial charge in [-0.3, -0.25) is 9.48 Å². The van der Waals surface area contributed by atoms with E-state index in [9.17, 15) is 4.79 Å². The Bertz CT molecular complexity index is 400. The van der Waals surface area contributed by atoms with E-state index < -0.39 is 0 Å². The fourth-order valence-corrected chi connectivity index (χ4v) is 2.37. The second kappa shape index (κ2) is 3.96. The van der Waals surface area contributed by atoms with Crippen LogP contribution in [0.4, 0.5) is 0 Å². The van der Waals surface area contributed by atoms with Crippen molar-refractivity contribution in [1.29, 1.82) is 0 Å². The van der Waals surface area contributed by atoms with Gasteiger partial charge < -0.3 is 4.90 Å². The number of halogens is 1. The summed E-state index contributed by atoms with van der Waals surface area (Å²) in [5, 5.41) is 4.31. The third kappa shape index (κ3) is 1.93. The summed E-state index contributed by atoms with van der Waals surface area (Å²) in [6, 6.07) is 0. The molecule has 15 heavy (non-hydrogen) atoms. The molecule has 2 heterocycles. The van der Waals surface area contributed by atoms with Crippen molar-refractivity contribution >= 4 is 21.8 Å². The Morgan fingerprint density at radius 3 is 2.73 bits per heavy atom. The summed E-state index contributed by atoms with van der Waals surface area (Å²) in [6.07, 6.45) is 1.67. The number of rotatable bonds is 2. The van der Waals surface area contributed by atoms with Gasteiger partial charge in [0.2, 0.25) is 5.91 Å². The Morgan fingerprint density at radius 2 is 2.27 bits per heavy atom. The highest BCUT2D eigenvalue weighted by Gasteiger charge is 2.22. The van der Waals surface area contributed by atoms with Crippen molar-refractivity contribution in [1.82, 2.24) is 14.7 Å². The SMILES string of the molecule is Cc1nn(C)c(CN2CCCC2=O)c1Br. The lowest BCUT2D eigenvalue weighted by Crippen LogP contribution is -2.25. The van der Waals surface area contributed by atoms with E-state index in [1.165, 1.54) is 0 Å². The fraction of sp³-hybridized carbons (Fsp3) is 0.600. The maximum atomic E-state index is 11.5. The molecule has 1 aliphatic rings. The third-order valence-corrected chi connectivity index (χ3v) is 3.81. The van der Waals surface area contributed by atoms with E-state index in [1.54, 1.807) is 0 Å². The van der Waals surface area contributed by atoms with E-state index in [0.717, 1.165) is 28.8 Å². The quantitative estimate of drug-likeness (QED) is 0.820. The van der Waals surface area contributed by atoms with Gasteiger partial charge in [-0.05, 0) is 29.3 Å². The second-order valence-corrected chi connectivity index (χ2v) is 4.68. The molecule has 0 saturated carbocycles. The van der Waals surface area contributed by atoms with E-state index in [1.807, 2.05) is 23.6 Å². The zero-order chi connectivity index (χ0) is 11.0. The summed E-state index contributed by atoms with van der Waals surface area (Å²) in [5.74, 6) is 0.251. The molecule has 1 aromatic rings. The lowest BCUT2D eigenvalue weighted by Gasteiger charge is -2.15. The standard InChI is InChI=1S/C10H14BrN3O/c1-7-10(11)8(13(2)12-7)6-14-5-3-4-9(14)15/h3-6H2,1-2H3. The van der Waals surface area contributed by atoms with Gasteiger partial charge in [0, 0.05) is 20.0 Å². The highest BCUT2D eigenvalue weighted by Crippen LogP contribution is 2.23. The van der Waals surface area contributed by atoms with Crippen LogP contribution in [0.1, 0.15) is 24.2 Å². The molecule has 1 aliphatic heterocycles. The number of hydrogen-bond donors (Lipinski definition) is 0. The molecule has 1 aromatic heterocycles. The van der Waals surface area contributed by atoms with Crippen molar-refractivity contribution in [2.24, 2.45) is 7.05 Å². The van der Waals surface area contributed by atoms with E-state index in [-0.39, 0.29) is 5.91 Å². The number of aromatic nitrogens is 2. The normalized spacial score (nSPS) is 16.5. The zero-order valence-electron chi connectivity index (χ0n) is 8.96. The first-order valence-electron chi connectivity index (χ1n) is 5.05. The van der Waals surface area contributed by atoms with Gasteiger partial charge in [-0.1, -0.05) is 0 Å². The minimum atomic E-state index is 0.251. The molecule has 1 fully saturated rings. The summed E-state index contributed by atoms with van der Waals surface area (Å²) >= 11 is 3.51. The van der Waals surface area contributed by atoms with Gasteiger partial charge in [-0.15, -0.1) is 0 Å². The summed E-state index contributed by atoms with van der Waals surface area (Å²) in [5.41, 5.74) is 2.04. The summed E-state index contributed by atoms with van der Waals surface area (Å²) in [6.45, 7) is 3.49. The van der Waals surface area contributed by atoms with Crippen molar-refractivity contribution in [2.75, 3.05) is 6.54 Å². The summed E-state index contributed by atoms with van der Waals surface area (Å²) < 4.78 is 2.86. The van der Waals surface area contributed by atoms with Gasteiger partial charge in [0.25, 0.3) is 0 Å². The topological polar surface area (TPSA) is 38.1 Å². The first-order valence-corrected chi connectivity index (χ1v) is 5.84. The molecule has 82 valence electrons. The molecular weight excluding hydrogens is 258 g/mol. The Balaban J connectivity index is 2.20. The molecular formula is C10H14BrN3O. The largest absolute Gasteiger partial charge is 0.337 e. The highest BCUT2D eigenvalue weighted by molar-refractivity contribution is 9.10. The van der Waals surface area contributed by atoms with Gasteiger partial charge in [-0.2, -0.15) is 5.10 Å². The highest BCUT2D eigenvalue weighted by atomic mass is 79.9. The smallest absolute Gasteiger partial charge is 0.222 e. The van der Waals surface area contributed by atoms with Crippen molar-refractivity contribution in [3.63, 3.8) is 0 Å². The van der Waals surface area contributed by atoms with Crippen LogP contribution in [0.2, 0.25) is 0 Å². The van der Waals surface area contributed by atoms with Crippen LogP contribution in [0.15, 0.2) is 4.47 Å². The molecule has 0 bridgehead atoms. The predicted octanol–water partition coefficient (Wildman–Crippen LogP) is 1.61. The summed E-state index contributed by atoms with van der Waals surface area (Å²) in [4.78, 5) is 13.4. The van der Waals surface area contributed by atoms with Gasteiger partial charge in [-0.25, -0.2) is 0 Å². The molecule has 0 N–H and O–H groups in total. The first kappa shape index (κ1) is 10.7. The van der Waals surface area contributed by atoms with Crippen LogP contribution in [0.5, 0.6) is 0 Å². The van der Waals surface area contributed by atoms with Crippen molar-refractivity contribution in [3.8, 4) is 0 Å². The predicted molar refractivity (Wildman–Crippen MR) is 60.3 cm³/mol. The molecule has 0 aromatic carbocycles. The first-order chi connectivity index (χ1) is 7.09. The molecule has 5 heteroatoms. The maximum Gasteiger partial charge on any atom is 0.222 e. The number of likely N-dealkylation sites (tertiary alicyclic amines) is 1. The van der Waals surface area contributed by atoms with Gasteiger partial charge in [0.05, 0.1) is 22.4 Å². The number of carbonyl (C=O) groups excluding carboxylic acids is 1. The molecule has 2 rings (SSSR count). The van der Waals surface area contributed by atoms with E-state index in [2.05, 4.69) is 21.0 Å². The number of amides is 1. The van der Waals surface area contributed by atoms with E-state index in [0.29, 0.717) is 13.0 Å². The molecule has 0 aliphatic carbocycles. The zero-order valence-corrected chi connectivity index (χ0v) is 10.5. The molecule has 1 amide bonds. The minimum Gasteiger partial charge on any atom is -0.337 e. The van der Waals surface area contributed by atoms with Crippen LogP contribution in [-0.2, 0) is 18.4 Å². The second-order valence-electron chi connectivity index (χ2n) is 3.89. The average molecular weight is 272 g/mol. The number of hydrogen-bond acceptors (Lipinski definition) is 2. The van der Waals surface area contributed by atoms with Crippen molar-refractivity contribution in [3.05, 3.63) is 15.9 Å². The molecule has 0 spiro atoms. The van der Waals surface area contributed by atoms with E-state index in [4.69, 9.17) is 0 Å². The van der Waals surface area contributed by atoms with Gasteiger partial charge in [0.1, 0.15) is 0 Å². The molecule has 1 saturated heterocycles. The minimum absolute atomic E-state index is 0.251. The maximum absolute atomic E-state index is 11.5. The van der Waals surface area contributed by atoms with Crippen LogP contribution in [-0.4, -0.2) is 27.1 Å². The molecule has 4 nitrogen and oxygen atoms in total. The Hall–Kier alpha value is -0.840. The Labute approximate surface area is 97.4 Å².